The molecule has 1 fully saturated rings. The number of thiophene rings is 1. The lowest BCUT2D eigenvalue weighted by Crippen LogP contribution is -2.47. The van der Waals surface area contributed by atoms with Crippen molar-refractivity contribution in [2.75, 3.05) is 26.7 Å². The molecule has 0 aromatic carbocycles. The van der Waals surface area contributed by atoms with E-state index in [1.165, 1.54) is 9.75 Å². The number of guanidine groups is 1. The van der Waals surface area contributed by atoms with Gasteiger partial charge in [0.15, 0.2) is 5.96 Å². The molecule has 1 N–H and O–H groups in total. The SMILES string of the molecule is CCc1ccc(CNC(=NC)N2CCOC(c3cnn(C)c3)C2)s1. The summed E-state index contributed by atoms with van der Waals surface area (Å²) in [6.07, 6.45) is 5.03. The normalized spacial score (nSPS) is 18.9. The zero-order valence-electron chi connectivity index (χ0n) is 14.5. The number of aromatic nitrogens is 2. The van der Waals surface area contributed by atoms with Crippen molar-refractivity contribution in [2.24, 2.45) is 12.0 Å². The van der Waals surface area contributed by atoms with Gasteiger partial charge in [0.1, 0.15) is 6.10 Å². The quantitative estimate of drug-likeness (QED) is 0.680. The third kappa shape index (κ3) is 3.96. The second-order valence-electron chi connectivity index (χ2n) is 5.88. The summed E-state index contributed by atoms with van der Waals surface area (Å²) in [6.45, 7) is 5.33. The van der Waals surface area contributed by atoms with Crippen molar-refractivity contribution in [3.8, 4) is 0 Å². The molecule has 1 unspecified atom stereocenters. The summed E-state index contributed by atoms with van der Waals surface area (Å²) in [5.74, 6) is 0.929. The number of morpholine rings is 1. The Hall–Kier alpha value is -1.86. The first-order valence-corrected chi connectivity index (χ1v) is 9.14. The van der Waals surface area contributed by atoms with E-state index in [4.69, 9.17) is 4.74 Å². The highest BCUT2D eigenvalue weighted by Crippen LogP contribution is 2.22. The number of aryl methyl sites for hydroxylation is 2. The largest absolute Gasteiger partial charge is 0.370 e. The van der Waals surface area contributed by atoms with E-state index in [0.717, 1.165) is 37.6 Å². The smallest absolute Gasteiger partial charge is 0.194 e. The minimum absolute atomic E-state index is 0.0411. The van der Waals surface area contributed by atoms with Crippen LogP contribution in [0.25, 0.3) is 0 Å². The van der Waals surface area contributed by atoms with Crippen molar-refractivity contribution in [3.63, 3.8) is 0 Å². The Labute approximate surface area is 147 Å². The molecule has 24 heavy (non-hydrogen) atoms. The van der Waals surface area contributed by atoms with E-state index in [2.05, 4.69) is 39.4 Å². The van der Waals surface area contributed by atoms with Crippen LogP contribution in [-0.4, -0.2) is 47.4 Å². The molecule has 130 valence electrons. The highest BCUT2D eigenvalue weighted by molar-refractivity contribution is 7.11. The zero-order valence-corrected chi connectivity index (χ0v) is 15.3. The molecule has 1 atom stereocenters. The van der Waals surface area contributed by atoms with Crippen molar-refractivity contribution < 1.29 is 4.74 Å². The van der Waals surface area contributed by atoms with E-state index in [1.54, 1.807) is 0 Å². The molecule has 0 saturated carbocycles. The average molecular weight is 347 g/mol. The predicted octanol–water partition coefficient (Wildman–Crippen LogP) is 2.19. The first-order chi connectivity index (χ1) is 11.7. The van der Waals surface area contributed by atoms with Gasteiger partial charge in [-0.3, -0.25) is 9.67 Å². The van der Waals surface area contributed by atoms with Crippen molar-refractivity contribution in [1.29, 1.82) is 0 Å². The molecule has 7 heteroatoms. The van der Waals surface area contributed by atoms with Gasteiger partial charge in [-0.2, -0.15) is 5.10 Å². The molecular formula is C17H25N5OS. The Morgan fingerprint density at radius 2 is 2.29 bits per heavy atom. The van der Waals surface area contributed by atoms with E-state index in [-0.39, 0.29) is 6.10 Å². The van der Waals surface area contributed by atoms with E-state index < -0.39 is 0 Å². The maximum Gasteiger partial charge on any atom is 0.194 e. The number of nitrogens with zero attached hydrogens (tertiary/aromatic N) is 4. The molecule has 1 saturated heterocycles. The van der Waals surface area contributed by atoms with Crippen LogP contribution >= 0.6 is 11.3 Å². The number of ether oxygens (including phenoxy) is 1. The molecule has 6 nitrogen and oxygen atoms in total. The van der Waals surface area contributed by atoms with Crippen molar-refractivity contribution in [1.82, 2.24) is 20.0 Å². The fraction of sp³-hybridized carbons (Fsp3) is 0.529. The standard InChI is InChI=1S/C17H25N5OS/c1-4-14-5-6-15(24-14)10-19-17(18-2)22-7-8-23-16(12-22)13-9-20-21(3)11-13/h5-6,9,11,16H,4,7-8,10,12H2,1-3H3,(H,18,19). The number of hydrogen-bond acceptors (Lipinski definition) is 4. The minimum atomic E-state index is 0.0411. The van der Waals surface area contributed by atoms with Gasteiger partial charge in [0.05, 0.1) is 25.9 Å². The fourth-order valence-corrected chi connectivity index (χ4v) is 3.75. The van der Waals surface area contributed by atoms with Gasteiger partial charge >= 0.3 is 0 Å². The fourth-order valence-electron chi connectivity index (χ4n) is 2.86. The van der Waals surface area contributed by atoms with Crippen LogP contribution < -0.4 is 5.32 Å². The lowest BCUT2D eigenvalue weighted by Gasteiger charge is -2.34. The van der Waals surface area contributed by atoms with Crippen molar-refractivity contribution in [2.45, 2.75) is 26.0 Å². The highest BCUT2D eigenvalue weighted by Gasteiger charge is 2.25. The maximum atomic E-state index is 5.91. The number of rotatable bonds is 4. The first-order valence-electron chi connectivity index (χ1n) is 8.33. The Morgan fingerprint density at radius 1 is 1.46 bits per heavy atom. The lowest BCUT2D eigenvalue weighted by atomic mass is 10.1. The molecule has 1 aliphatic rings. The van der Waals surface area contributed by atoms with Crippen LogP contribution in [0.2, 0.25) is 0 Å². The van der Waals surface area contributed by atoms with Crippen LogP contribution in [0.15, 0.2) is 29.5 Å². The monoisotopic (exact) mass is 347 g/mol. The van der Waals surface area contributed by atoms with Crippen LogP contribution in [-0.2, 0) is 24.8 Å². The summed E-state index contributed by atoms with van der Waals surface area (Å²) in [7, 11) is 3.76. The van der Waals surface area contributed by atoms with Gasteiger partial charge in [0.2, 0.25) is 0 Å². The molecule has 0 spiro atoms. The Kier molecular flexibility index (Phi) is 5.52. The van der Waals surface area contributed by atoms with Crippen molar-refractivity contribution in [3.05, 3.63) is 39.8 Å². The minimum Gasteiger partial charge on any atom is -0.370 e. The van der Waals surface area contributed by atoms with Crippen molar-refractivity contribution >= 4 is 17.3 Å². The van der Waals surface area contributed by atoms with Crippen LogP contribution in [0.5, 0.6) is 0 Å². The third-order valence-electron chi connectivity index (χ3n) is 4.16. The summed E-state index contributed by atoms with van der Waals surface area (Å²) in [6, 6.07) is 4.40. The van der Waals surface area contributed by atoms with Gasteiger partial charge in [-0.15, -0.1) is 11.3 Å². The first kappa shape index (κ1) is 17.0. The third-order valence-corrected chi connectivity index (χ3v) is 5.39. The summed E-state index contributed by atoms with van der Waals surface area (Å²) in [5, 5.41) is 7.72. The maximum absolute atomic E-state index is 5.91. The van der Waals surface area contributed by atoms with Gasteiger partial charge in [-0.25, -0.2) is 0 Å². The van der Waals surface area contributed by atoms with E-state index >= 15 is 0 Å². The van der Waals surface area contributed by atoms with Gasteiger partial charge in [-0.1, -0.05) is 6.92 Å². The van der Waals surface area contributed by atoms with E-state index in [0.29, 0.717) is 6.61 Å². The Bertz CT molecular complexity index is 693. The predicted molar refractivity (Wildman–Crippen MR) is 97.4 cm³/mol. The Morgan fingerprint density at radius 3 is 2.96 bits per heavy atom. The van der Waals surface area contributed by atoms with Crippen LogP contribution in [0.3, 0.4) is 0 Å². The van der Waals surface area contributed by atoms with E-state index in [9.17, 15) is 0 Å². The Balaban J connectivity index is 1.60. The summed E-state index contributed by atoms with van der Waals surface area (Å²) < 4.78 is 7.72. The number of nitrogens with one attached hydrogen (secondary N) is 1. The molecule has 0 amide bonds. The van der Waals surface area contributed by atoms with E-state index in [1.807, 2.05) is 42.5 Å². The van der Waals surface area contributed by atoms with Crippen LogP contribution in [0, 0.1) is 0 Å². The van der Waals surface area contributed by atoms with Gasteiger partial charge in [0, 0.05) is 42.2 Å². The van der Waals surface area contributed by atoms with Gasteiger partial charge < -0.3 is 15.0 Å². The molecule has 3 heterocycles. The lowest BCUT2D eigenvalue weighted by molar-refractivity contribution is -0.00804. The summed E-state index contributed by atoms with van der Waals surface area (Å²) >= 11 is 1.86. The summed E-state index contributed by atoms with van der Waals surface area (Å²) in [5.41, 5.74) is 1.11. The molecule has 2 aromatic heterocycles. The zero-order chi connectivity index (χ0) is 16.9. The molecule has 2 aromatic rings. The second kappa shape index (κ2) is 7.81. The molecule has 0 radical (unpaired) electrons. The molecule has 3 rings (SSSR count). The molecule has 0 bridgehead atoms. The number of aliphatic imine (C=N–C) groups is 1. The summed E-state index contributed by atoms with van der Waals surface area (Å²) in [4.78, 5) is 9.47. The van der Waals surface area contributed by atoms with Gasteiger partial charge in [-0.05, 0) is 18.6 Å². The molecule has 0 aliphatic carbocycles. The second-order valence-corrected chi connectivity index (χ2v) is 7.13. The van der Waals surface area contributed by atoms with Gasteiger partial charge in [0.25, 0.3) is 0 Å². The topological polar surface area (TPSA) is 54.7 Å². The number of hydrogen-bond donors (Lipinski definition) is 1. The average Bonchev–Trinajstić information content (AvgIpc) is 3.24. The molecule has 1 aliphatic heterocycles. The van der Waals surface area contributed by atoms with Crippen LogP contribution in [0.1, 0.15) is 28.3 Å². The highest BCUT2D eigenvalue weighted by atomic mass is 32.1. The molecular weight excluding hydrogens is 322 g/mol. The van der Waals surface area contributed by atoms with Crippen LogP contribution in [0.4, 0.5) is 0 Å².